The third kappa shape index (κ3) is 5.01. The average Bonchev–Trinajstić information content (AvgIpc) is 2.65. The van der Waals surface area contributed by atoms with Crippen LogP contribution in [0.25, 0.3) is 0 Å². The smallest absolute Gasteiger partial charge is 0.591 e. The predicted molar refractivity (Wildman–Crippen MR) is 122 cm³/mol. The van der Waals surface area contributed by atoms with Gasteiger partial charge in [0, 0.05) is 16.7 Å². The molecule has 1 unspecified atom stereocenters. The van der Waals surface area contributed by atoms with Crippen molar-refractivity contribution in [2.24, 2.45) is 0 Å². The monoisotopic (exact) mass is 455 g/mol. The Morgan fingerprint density at radius 1 is 0.688 bits per heavy atom. The summed E-state index contributed by atoms with van der Waals surface area (Å²) in [7, 11) is -3.07. The minimum absolute atomic E-state index is 0. The van der Waals surface area contributed by atoms with Gasteiger partial charge in [0.15, 0.2) is 16.9 Å². The van der Waals surface area contributed by atoms with Crippen LogP contribution in [0.2, 0.25) is 0 Å². The third-order valence-electron chi connectivity index (χ3n) is 5.52. The molecule has 4 nitrogen and oxygen atoms in total. The van der Waals surface area contributed by atoms with E-state index in [0.717, 1.165) is 33.4 Å². The van der Waals surface area contributed by atoms with Crippen LogP contribution in [0.4, 0.5) is 0 Å². The predicted octanol–water partition coefficient (Wildman–Crippen LogP) is 1.73. The van der Waals surface area contributed by atoms with Crippen LogP contribution in [0.3, 0.4) is 0 Å². The average molecular weight is 455 g/mol. The second-order valence-electron chi connectivity index (χ2n) is 8.16. The van der Waals surface area contributed by atoms with E-state index in [4.69, 9.17) is 0 Å². The van der Waals surface area contributed by atoms with Crippen LogP contribution in [-0.4, -0.2) is 11.6 Å². The van der Waals surface area contributed by atoms with Crippen molar-refractivity contribution in [3.05, 3.63) is 98.1 Å². The maximum absolute atomic E-state index is 13.7. The van der Waals surface area contributed by atoms with Crippen molar-refractivity contribution in [3.8, 4) is 0 Å². The number of rotatable bonds is 5. The van der Waals surface area contributed by atoms with Gasteiger partial charge in [-0.15, -0.1) is 0 Å². The van der Waals surface area contributed by atoms with Gasteiger partial charge in [0.2, 0.25) is 0 Å². The Kier molecular flexibility index (Phi) is 8.50. The van der Waals surface area contributed by atoms with E-state index >= 15 is 0 Å². The molecule has 6 heteroatoms. The van der Waals surface area contributed by atoms with Crippen LogP contribution in [0.1, 0.15) is 65.2 Å². The molecule has 3 aromatic rings. The van der Waals surface area contributed by atoms with Crippen LogP contribution >= 0.6 is 8.03 Å². The minimum atomic E-state index is -3.07. The van der Waals surface area contributed by atoms with Crippen LogP contribution in [0.5, 0.6) is 0 Å². The Balaban J connectivity index is 0.00000363. The molecule has 0 aromatic heterocycles. The summed E-state index contributed by atoms with van der Waals surface area (Å²) < 4.78 is 12.0. The van der Waals surface area contributed by atoms with Crippen LogP contribution in [-0.2, 0) is 4.57 Å². The first kappa shape index (κ1) is 26.3. The fourth-order valence-electron chi connectivity index (χ4n) is 4.46. The van der Waals surface area contributed by atoms with Crippen molar-refractivity contribution in [1.82, 2.24) is 0 Å². The largest absolute Gasteiger partial charge is 1.00 e. The molecule has 0 saturated carbocycles. The number of benzene rings is 3. The van der Waals surface area contributed by atoms with Gasteiger partial charge in [-0.2, -0.15) is 0 Å². The van der Waals surface area contributed by atoms with Crippen LogP contribution in [0, 0.1) is 41.5 Å². The van der Waals surface area contributed by atoms with Gasteiger partial charge in [-0.1, -0.05) is 46.0 Å². The normalized spacial score (nSPS) is 11.0. The number of carbonyl (C=O) groups is 2. The third-order valence-corrected chi connectivity index (χ3v) is 6.29. The van der Waals surface area contributed by atoms with Gasteiger partial charge >= 0.3 is 37.6 Å². The molecule has 0 radical (unpaired) electrons. The summed E-state index contributed by atoms with van der Waals surface area (Å²) >= 11 is 0. The van der Waals surface area contributed by atoms with E-state index < -0.39 is 13.8 Å². The Bertz CT molecular complexity index is 1210. The van der Waals surface area contributed by atoms with Crippen molar-refractivity contribution >= 4 is 24.9 Å². The molecule has 0 saturated heterocycles. The fourth-order valence-corrected chi connectivity index (χ4v) is 5.07. The van der Waals surface area contributed by atoms with Crippen LogP contribution in [0.15, 0.2) is 42.5 Å². The molecule has 0 bridgehead atoms. The van der Waals surface area contributed by atoms with Crippen LogP contribution < -0.4 is 39.8 Å². The van der Waals surface area contributed by atoms with Crippen molar-refractivity contribution in [1.29, 1.82) is 0 Å². The Hall–Kier alpha value is -1.94. The molecule has 0 amide bonds. The van der Waals surface area contributed by atoms with Crippen molar-refractivity contribution in [2.45, 2.75) is 41.5 Å². The summed E-state index contributed by atoms with van der Waals surface area (Å²) in [6, 6.07) is 12.0. The molecular weight excluding hydrogens is 430 g/mol. The van der Waals surface area contributed by atoms with Gasteiger partial charge in [-0.3, -0.25) is 9.59 Å². The van der Waals surface area contributed by atoms with Gasteiger partial charge in [-0.05, 0) is 75.9 Å². The van der Waals surface area contributed by atoms with Crippen molar-refractivity contribution in [3.63, 3.8) is 0 Å². The van der Waals surface area contributed by atoms with Gasteiger partial charge in [0.05, 0.1) is 5.56 Å². The van der Waals surface area contributed by atoms with Gasteiger partial charge in [0.25, 0.3) is 0 Å². The first-order valence-electron chi connectivity index (χ1n) is 10.1. The molecular formula is C26H25NaO4P+. The van der Waals surface area contributed by atoms with Gasteiger partial charge < -0.3 is 4.89 Å². The van der Waals surface area contributed by atoms with E-state index in [1.165, 1.54) is 18.2 Å². The second-order valence-corrected chi connectivity index (χ2v) is 9.16. The summed E-state index contributed by atoms with van der Waals surface area (Å²) in [4.78, 5) is 39.3. The summed E-state index contributed by atoms with van der Waals surface area (Å²) in [5.41, 5.74) is 6.10. The second kappa shape index (κ2) is 10.3. The molecule has 0 spiro atoms. The molecule has 0 aliphatic carbocycles. The number of carbonyl (C=O) groups excluding carboxylic acids is 2. The van der Waals surface area contributed by atoms with Crippen molar-refractivity contribution < 1.29 is 48.6 Å². The summed E-state index contributed by atoms with van der Waals surface area (Å²) in [6.07, 6.45) is 0. The Labute approximate surface area is 212 Å². The zero-order chi connectivity index (χ0) is 23.0. The van der Waals surface area contributed by atoms with E-state index in [2.05, 4.69) is 0 Å². The SMILES string of the molecule is Cc1cc(C)c(C(=O)c2cccc([P+](=O)[O-])c2C(=O)c2c(C)cc(C)cc2C)c(C)c1.[Na+]. The molecule has 32 heavy (non-hydrogen) atoms. The number of ketones is 2. The Morgan fingerprint density at radius 3 is 1.50 bits per heavy atom. The molecule has 158 valence electrons. The fraction of sp³-hybridized carbons (Fsp3) is 0.231. The number of hydrogen-bond donors (Lipinski definition) is 0. The van der Waals surface area contributed by atoms with E-state index in [1.807, 2.05) is 65.8 Å². The summed E-state index contributed by atoms with van der Waals surface area (Å²) in [6.45, 7) is 11.2. The molecule has 0 heterocycles. The van der Waals surface area contributed by atoms with Gasteiger partial charge in [-0.25, -0.2) is 0 Å². The maximum atomic E-state index is 13.7. The van der Waals surface area contributed by atoms with E-state index in [1.54, 1.807) is 0 Å². The van der Waals surface area contributed by atoms with Crippen molar-refractivity contribution in [2.75, 3.05) is 0 Å². The first-order chi connectivity index (χ1) is 14.5. The molecule has 3 aromatic carbocycles. The minimum Gasteiger partial charge on any atom is -0.591 e. The maximum Gasteiger partial charge on any atom is 1.00 e. The van der Waals surface area contributed by atoms with E-state index in [0.29, 0.717) is 11.1 Å². The Morgan fingerprint density at radius 2 is 1.09 bits per heavy atom. The topological polar surface area (TPSA) is 74.3 Å². The summed E-state index contributed by atoms with van der Waals surface area (Å²) in [5.74, 6) is -0.796. The quantitative estimate of drug-likeness (QED) is 0.334. The first-order valence-corrected chi connectivity index (χ1v) is 11.2. The summed E-state index contributed by atoms with van der Waals surface area (Å²) in [5, 5.41) is -0.132. The molecule has 0 aliphatic rings. The van der Waals surface area contributed by atoms with E-state index in [-0.39, 0.29) is 51.8 Å². The van der Waals surface area contributed by atoms with E-state index in [9.17, 15) is 19.0 Å². The molecule has 3 rings (SSSR count). The zero-order valence-electron chi connectivity index (χ0n) is 19.6. The molecule has 0 aliphatic heterocycles. The van der Waals surface area contributed by atoms with Gasteiger partial charge in [0.1, 0.15) is 0 Å². The molecule has 1 atom stereocenters. The number of aryl methyl sites for hydroxylation is 6. The standard InChI is InChI=1S/C26H25O4P.Na/c1-14-10-16(3)22(17(4)11-14)25(27)20-8-7-9-21(31(29)30)24(20)26(28)23-18(5)12-15(2)13-19(23)6;/h7-13H,1-6H3;/q;+1. The number of hydrogen-bond acceptors (Lipinski definition) is 4. The molecule has 0 fully saturated rings. The zero-order valence-corrected chi connectivity index (χ0v) is 22.5. The molecule has 0 N–H and O–H groups in total.